The van der Waals surface area contributed by atoms with Gasteiger partial charge in [-0.1, -0.05) is 12.8 Å². The fourth-order valence-corrected chi connectivity index (χ4v) is 2.97. The van der Waals surface area contributed by atoms with Crippen LogP contribution in [0.2, 0.25) is 0 Å². The number of carbonyl (C=O) groups is 1. The number of ketones is 1. The lowest BCUT2D eigenvalue weighted by Crippen LogP contribution is -2.17. The van der Waals surface area contributed by atoms with Crippen molar-refractivity contribution in [3.8, 4) is 0 Å². The topological polar surface area (TPSA) is 65.1 Å². The van der Waals surface area contributed by atoms with Crippen LogP contribution in [-0.4, -0.2) is 15.3 Å². The number of fused-ring (bicyclic) bond motifs is 1. The molecule has 0 saturated heterocycles. The van der Waals surface area contributed by atoms with Gasteiger partial charge in [0, 0.05) is 29.6 Å². The lowest BCUT2D eigenvalue weighted by Gasteiger charge is -2.09. The molecule has 1 aromatic heterocycles. The Kier molecular flexibility index (Phi) is 3.26. The van der Waals surface area contributed by atoms with Crippen LogP contribution in [0, 0.1) is 16.0 Å². The highest BCUT2D eigenvalue weighted by molar-refractivity contribution is 5.86. The van der Waals surface area contributed by atoms with Gasteiger partial charge >= 0.3 is 0 Å². The maximum absolute atomic E-state index is 12.2. The van der Waals surface area contributed by atoms with Crippen molar-refractivity contribution in [2.45, 2.75) is 32.2 Å². The number of benzene rings is 1. The van der Waals surface area contributed by atoms with Crippen molar-refractivity contribution >= 4 is 22.4 Å². The number of hydrogen-bond acceptors (Lipinski definition) is 3. The average molecular weight is 272 g/mol. The highest BCUT2D eigenvalue weighted by Gasteiger charge is 2.23. The van der Waals surface area contributed by atoms with E-state index in [-0.39, 0.29) is 17.4 Å². The first kappa shape index (κ1) is 12.8. The van der Waals surface area contributed by atoms with Gasteiger partial charge in [0.15, 0.2) is 5.78 Å². The largest absolute Gasteiger partial charge is 0.340 e. The summed E-state index contributed by atoms with van der Waals surface area (Å²) in [5.41, 5.74) is 0.816. The number of carbonyl (C=O) groups excluding carboxylic acids is 1. The van der Waals surface area contributed by atoms with E-state index in [0.29, 0.717) is 6.54 Å². The number of Topliss-reactive ketones (excluding diaryl/α,β-unsaturated/α-hetero) is 1. The van der Waals surface area contributed by atoms with E-state index < -0.39 is 4.92 Å². The molecule has 20 heavy (non-hydrogen) atoms. The second kappa shape index (κ2) is 5.07. The minimum Gasteiger partial charge on any atom is -0.340 e. The minimum absolute atomic E-state index is 0.0609. The van der Waals surface area contributed by atoms with Gasteiger partial charge in [0.2, 0.25) is 0 Å². The zero-order valence-electron chi connectivity index (χ0n) is 11.1. The Morgan fingerprint density at radius 1 is 1.30 bits per heavy atom. The zero-order valence-corrected chi connectivity index (χ0v) is 11.1. The number of hydrogen-bond donors (Lipinski definition) is 0. The molecule has 0 bridgehead atoms. The molecule has 0 N–H and O–H groups in total. The van der Waals surface area contributed by atoms with Crippen molar-refractivity contribution in [2.75, 3.05) is 0 Å². The third kappa shape index (κ3) is 2.31. The Morgan fingerprint density at radius 3 is 2.75 bits per heavy atom. The molecule has 1 aliphatic carbocycles. The summed E-state index contributed by atoms with van der Waals surface area (Å²) in [6.07, 6.45) is 6.07. The molecule has 3 rings (SSSR count). The first-order valence-corrected chi connectivity index (χ1v) is 6.91. The molecule has 0 amide bonds. The van der Waals surface area contributed by atoms with Gasteiger partial charge in [-0.3, -0.25) is 14.9 Å². The highest BCUT2D eigenvalue weighted by atomic mass is 16.6. The van der Waals surface area contributed by atoms with Crippen molar-refractivity contribution in [3.63, 3.8) is 0 Å². The molecule has 1 heterocycles. The van der Waals surface area contributed by atoms with Crippen LogP contribution in [0.15, 0.2) is 30.5 Å². The van der Waals surface area contributed by atoms with E-state index in [1.807, 2.05) is 16.8 Å². The highest BCUT2D eigenvalue weighted by Crippen LogP contribution is 2.27. The summed E-state index contributed by atoms with van der Waals surface area (Å²) in [5.74, 6) is 0.414. The predicted molar refractivity (Wildman–Crippen MR) is 75.6 cm³/mol. The normalized spacial score (nSPS) is 15.8. The molecule has 0 aliphatic heterocycles. The standard InChI is InChI=1S/C15H16N2O3/c18-15(12-3-1-2-4-12)10-16-8-7-11-5-6-13(17(19)20)9-14(11)16/h5-9,12H,1-4,10H2. The van der Waals surface area contributed by atoms with E-state index in [0.717, 1.165) is 36.6 Å². The quantitative estimate of drug-likeness (QED) is 0.633. The molecule has 1 aliphatic rings. The van der Waals surface area contributed by atoms with Gasteiger partial charge in [0.1, 0.15) is 0 Å². The maximum atomic E-state index is 12.2. The van der Waals surface area contributed by atoms with Crippen molar-refractivity contribution in [1.82, 2.24) is 4.57 Å². The van der Waals surface area contributed by atoms with Gasteiger partial charge in [-0.15, -0.1) is 0 Å². The summed E-state index contributed by atoms with van der Waals surface area (Å²) >= 11 is 0. The molecular weight excluding hydrogens is 256 g/mol. The number of non-ortho nitro benzene ring substituents is 1. The van der Waals surface area contributed by atoms with E-state index in [9.17, 15) is 14.9 Å². The third-order valence-corrected chi connectivity index (χ3v) is 4.11. The van der Waals surface area contributed by atoms with E-state index in [1.54, 1.807) is 6.07 Å². The smallest absolute Gasteiger partial charge is 0.271 e. The van der Waals surface area contributed by atoms with Gasteiger partial charge in [-0.2, -0.15) is 0 Å². The average Bonchev–Trinajstić information content (AvgIpc) is 3.08. The SMILES string of the molecule is O=C(Cn1ccc2ccc([N+](=O)[O-])cc21)C1CCCC1. The summed E-state index contributed by atoms with van der Waals surface area (Å²) in [4.78, 5) is 22.7. The second-order valence-electron chi connectivity index (χ2n) is 5.39. The van der Waals surface area contributed by atoms with Crippen LogP contribution in [0.25, 0.3) is 10.9 Å². The number of rotatable bonds is 4. The molecule has 2 aromatic rings. The second-order valence-corrected chi connectivity index (χ2v) is 5.39. The van der Waals surface area contributed by atoms with E-state index in [2.05, 4.69) is 0 Å². The zero-order chi connectivity index (χ0) is 14.1. The van der Waals surface area contributed by atoms with Crippen molar-refractivity contribution < 1.29 is 9.72 Å². The summed E-state index contributed by atoms with van der Waals surface area (Å²) in [5, 5.41) is 11.8. The molecule has 1 aromatic carbocycles. The summed E-state index contributed by atoms with van der Waals surface area (Å²) < 4.78 is 1.82. The lowest BCUT2D eigenvalue weighted by atomic mass is 10.0. The van der Waals surface area contributed by atoms with Crippen molar-refractivity contribution in [3.05, 3.63) is 40.6 Å². The van der Waals surface area contributed by atoms with Gasteiger partial charge in [-0.05, 0) is 25.0 Å². The maximum Gasteiger partial charge on any atom is 0.271 e. The van der Waals surface area contributed by atoms with Gasteiger partial charge in [-0.25, -0.2) is 0 Å². The molecule has 5 heteroatoms. The monoisotopic (exact) mass is 272 g/mol. The van der Waals surface area contributed by atoms with Crippen molar-refractivity contribution in [2.24, 2.45) is 5.92 Å². The Hall–Kier alpha value is -2.17. The van der Waals surface area contributed by atoms with Crippen molar-refractivity contribution in [1.29, 1.82) is 0 Å². The number of nitrogens with zero attached hydrogens (tertiary/aromatic N) is 2. The first-order valence-electron chi connectivity index (χ1n) is 6.91. The van der Waals surface area contributed by atoms with Gasteiger partial charge in [0.25, 0.3) is 5.69 Å². The first-order chi connectivity index (χ1) is 9.65. The van der Waals surface area contributed by atoms with Crippen LogP contribution >= 0.6 is 0 Å². The molecule has 5 nitrogen and oxygen atoms in total. The molecule has 104 valence electrons. The molecule has 1 saturated carbocycles. The molecular formula is C15H16N2O3. The predicted octanol–water partition coefficient (Wildman–Crippen LogP) is 3.31. The fraction of sp³-hybridized carbons (Fsp3) is 0.400. The van der Waals surface area contributed by atoms with Crippen LogP contribution in [0.1, 0.15) is 25.7 Å². The Balaban J connectivity index is 1.89. The van der Waals surface area contributed by atoms with Crippen LogP contribution in [0.4, 0.5) is 5.69 Å². The minimum atomic E-state index is -0.407. The fourth-order valence-electron chi connectivity index (χ4n) is 2.97. The van der Waals surface area contributed by atoms with Gasteiger partial charge < -0.3 is 4.57 Å². The summed E-state index contributed by atoms with van der Waals surface area (Å²) in [6.45, 7) is 0.315. The molecule has 0 spiro atoms. The number of nitro benzene ring substituents is 1. The number of aromatic nitrogens is 1. The molecule has 0 radical (unpaired) electrons. The van der Waals surface area contributed by atoms with E-state index in [1.165, 1.54) is 12.1 Å². The van der Waals surface area contributed by atoms with Gasteiger partial charge in [0.05, 0.1) is 17.0 Å². The number of nitro groups is 1. The van der Waals surface area contributed by atoms with E-state index >= 15 is 0 Å². The van der Waals surface area contributed by atoms with E-state index in [4.69, 9.17) is 0 Å². The van der Waals surface area contributed by atoms with Crippen LogP contribution in [-0.2, 0) is 11.3 Å². The molecule has 0 unspecified atom stereocenters. The Bertz CT molecular complexity index is 669. The Morgan fingerprint density at radius 2 is 2.05 bits per heavy atom. The van der Waals surface area contributed by atoms with Crippen LogP contribution in [0.3, 0.4) is 0 Å². The Labute approximate surface area is 116 Å². The summed E-state index contributed by atoms with van der Waals surface area (Å²) in [6, 6.07) is 6.65. The molecule has 0 atom stereocenters. The lowest BCUT2D eigenvalue weighted by molar-refractivity contribution is -0.384. The van der Waals surface area contributed by atoms with Crippen LogP contribution in [0.5, 0.6) is 0 Å². The summed E-state index contributed by atoms with van der Waals surface area (Å²) in [7, 11) is 0. The third-order valence-electron chi connectivity index (χ3n) is 4.11. The van der Waals surface area contributed by atoms with Crippen LogP contribution < -0.4 is 0 Å². The molecule has 1 fully saturated rings.